The third-order valence-electron chi connectivity index (χ3n) is 4.40. The van der Waals surface area contributed by atoms with Gasteiger partial charge in [0.1, 0.15) is 0 Å². The van der Waals surface area contributed by atoms with Gasteiger partial charge in [-0.2, -0.15) is 0 Å². The molecule has 0 aromatic heterocycles. The van der Waals surface area contributed by atoms with Crippen LogP contribution < -0.4 is 9.47 Å². The van der Waals surface area contributed by atoms with E-state index in [1.807, 2.05) is 18.2 Å². The predicted octanol–water partition coefficient (Wildman–Crippen LogP) is 3.13. The van der Waals surface area contributed by atoms with E-state index in [0.717, 1.165) is 37.0 Å². The first kappa shape index (κ1) is 13.3. The van der Waals surface area contributed by atoms with Crippen molar-refractivity contribution in [1.82, 2.24) is 0 Å². The smallest absolute Gasteiger partial charge is 0.314 e. The maximum absolute atomic E-state index is 11.7. The van der Waals surface area contributed by atoms with Crippen molar-refractivity contribution in [2.24, 2.45) is 0 Å². The highest BCUT2D eigenvalue weighted by Crippen LogP contribution is 2.44. The Kier molecular flexibility index (Phi) is 3.32. The van der Waals surface area contributed by atoms with E-state index in [1.54, 1.807) is 7.11 Å². The molecule has 1 aromatic carbocycles. The van der Waals surface area contributed by atoms with Crippen molar-refractivity contribution >= 4 is 5.97 Å². The summed E-state index contributed by atoms with van der Waals surface area (Å²) in [6.07, 6.45) is 5.81. The van der Waals surface area contributed by atoms with Gasteiger partial charge in [-0.1, -0.05) is 18.9 Å². The predicted molar refractivity (Wildman–Crippen MR) is 74.4 cm³/mol. The zero-order valence-corrected chi connectivity index (χ0v) is 11.7. The summed E-state index contributed by atoms with van der Waals surface area (Å²) in [6.45, 7) is 0. The van der Waals surface area contributed by atoms with E-state index >= 15 is 0 Å². The Morgan fingerprint density at radius 3 is 2.50 bits per heavy atom. The summed E-state index contributed by atoms with van der Waals surface area (Å²) in [5.41, 5.74) is 0.0910. The Labute approximate surface area is 118 Å². The van der Waals surface area contributed by atoms with Crippen LogP contribution in [-0.2, 0) is 10.2 Å². The SMILES string of the molecule is COc1cc(C2(C(=O)O)CCCC2)ccc1OC1CC1. The average molecular weight is 276 g/mol. The number of aliphatic carboxylic acids is 1. The lowest BCUT2D eigenvalue weighted by Crippen LogP contribution is -2.32. The van der Waals surface area contributed by atoms with Crippen LogP contribution in [0, 0.1) is 0 Å². The third-order valence-corrected chi connectivity index (χ3v) is 4.40. The molecule has 2 aliphatic carbocycles. The number of ether oxygens (including phenoxy) is 2. The van der Waals surface area contributed by atoms with E-state index in [2.05, 4.69) is 0 Å². The minimum Gasteiger partial charge on any atom is -0.493 e. The molecule has 0 saturated heterocycles. The molecular weight excluding hydrogens is 256 g/mol. The fourth-order valence-electron chi connectivity index (χ4n) is 3.03. The van der Waals surface area contributed by atoms with E-state index < -0.39 is 11.4 Å². The van der Waals surface area contributed by atoms with Gasteiger partial charge in [0, 0.05) is 0 Å². The Morgan fingerprint density at radius 2 is 1.95 bits per heavy atom. The summed E-state index contributed by atoms with van der Waals surface area (Å²) < 4.78 is 11.2. The van der Waals surface area contributed by atoms with Crippen molar-refractivity contribution in [2.75, 3.05) is 7.11 Å². The van der Waals surface area contributed by atoms with Gasteiger partial charge in [0.2, 0.25) is 0 Å². The first-order chi connectivity index (χ1) is 9.65. The first-order valence-corrected chi connectivity index (χ1v) is 7.24. The first-order valence-electron chi connectivity index (χ1n) is 7.24. The molecule has 0 unspecified atom stereocenters. The van der Waals surface area contributed by atoms with Gasteiger partial charge in [-0.05, 0) is 43.4 Å². The molecule has 1 aromatic rings. The minimum atomic E-state index is -0.745. The summed E-state index contributed by atoms with van der Waals surface area (Å²) in [6, 6.07) is 5.59. The molecule has 2 aliphatic rings. The van der Waals surface area contributed by atoms with Crippen LogP contribution in [0.4, 0.5) is 0 Å². The number of carboxylic acids is 1. The molecule has 0 heterocycles. The molecule has 0 amide bonds. The van der Waals surface area contributed by atoms with Crippen molar-refractivity contribution < 1.29 is 19.4 Å². The number of benzene rings is 1. The fourth-order valence-corrected chi connectivity index (χ4v) is 3.03. The van der Waals surface area contributed by atoms with Gasteiger partial charge in [0.05, 0.1) is 18.6 Å². The monoisotopic (exact) mass is 276 g/mol. The summed E-state index contributed by atoms with van der Waals surface area (Å²) in [4.78, 5) is 11.7. The zero-order valence-electron chi connectivity index (χ0n) is 11.7. The highest BCUT2D eigenvalue weighted by Gasteiger charge is 2.43. The Hall–Kier alpha value is -1.71. The second-order valence-electron chi connectivity index (χ2n) is 5.78. The molecule has 1 N–H and O–H groups in total. The number of carboxylic acid groups (broad SMARTS) is 1. The number of methoxy groups -OCH3 is 1. The maximum atomic E-state index is 11.7. The van der Waals surface area contributed by atoms with Gasteiger partial charge in [-0.15, -0.1) is 0 Å². The molecule has 4 nitrogen and oxygen atoms in total. The molecule has 0 bridgehead atoms. The van der Waals surface area contributed by atoms with Crippen LogP contribution in [-0.4, -0.2) is 24.3 Å². The van der Waals surface area contributed by atoms with E-state index in [4.69, 9.17) is 9.47 Å². The topological polar surface area (TPSA) is 55.8 Å². The quantitative estimate of drug-likeness (QED) is 0.897. The molecule has 20 heavy (non-hydrogen) atoms. The van der Waals surface area contributed by atoms with Crippen LogP contribution in [0.2, 0.25) is 0 Å². The average Bonchev–Trinajstić information content (AvgIpc) is 3.11. The summed E-state index contributed by atoms with van der Waals surface area (Å²) in [7, 11) is 1.60. The summed E-state index contributed by atoms with van der Waals surface area (Å²) in [5.74, 6) is 0.632. The second kappa shape index (κ2) is 5.00. The van der Waals surface area contributed by atoms with Gasteiger partial charge in [-0.25, -0.2) is 0 Å². The van der Waals surface area contributed by atoms with Gasteiger partial charge in [-0.3, -0.25) is 4.79 Å². The molecule has 4 heteroatoms. The van der Waals surface area contributed by atoms with E-state index in [0.29, 0.717) is 24.7 Å². The summed E-state index contributed by atoms with van der Waals surface area (Å²) in [5, 5.41) is 9.63. The molecule has 2 saturated carbocycles. The Morgan fingerprint density at radius 1 is 1.25 bits per heavy atom. The Bertz CT molecular complexity index is 513. The molecular formula is C16H20O4. The van der Waals surface area contributed by atoms with Gasteiger partial charge >= 0.3 is 5.97 Å². The lowest BCUT2D eigenvalue weighted by molar-refractivity contribution is -0.143. The second-order valence-corrected chi connectivity index (χ2v) is 5.78. The fraction of sp³-hybridized carbons (Fsp3) is 0.562. The minimum absolute atomic E-state index is 0.301. The molecule has 0 aliphatic heterocycles. The number of rotatable bonds is 5. The van der Waals surface area contributed by atoms with Crippen molar-refractivity contribution in [3.05, 3.63) is 23.8 Å². The zero-order chi connectivity index (χ0) is 14.2. The molecule has 0 spiro atoms. The van der Waals surface area contributed by atoms with Crippen LogP contribution >= 0.6 is 0 Å². The number of hydrogen-bond donors (Lipinski definition) is 1. The maximum Gasteiger partial charge on any atom is 0.314 e. The lowest BCUT2D eigenvalue weighted by Gasteiger charge is -2.25. The Balaban J connectivity index is 1.94. The van der Waals surface area contributed by atoms with E-state index in [9.17, 15) is 9.90 Å². The highest BCUT2D eigenvalue weighted by atomic mass is 16.5. The van der Waals surface area contributed by atoms with E-state index in [-0.39, 0.29) is 0 Å². The number of hydrogen-bond acceptors (Lipinski definition) is 3. The molecule has 0 radical (unpaired) electrons. The molecule has 0 atom stereocenters. The van der Waals surface area contributed by atoms with Crippen LogP contribution in [0.3, 0.4) is 0 Å². The largest absolute Gasteiger partial charge is 0.493 e. The highest BCUT2D eigenvalue weighted by molar-refractivity contribution is 5.82. The molecule has 2 fully saturated rings. The van der Waals surface area contributed by atoms with Gasteiger partial charge in [0.25, 0.3) is 0 Å². The summed E-state index contributed by atoms with van der Waals surface area (Å²) >= 11 is 0. The van der Waals surface area contributed by atoms with Crippen LogP contribution in [0.25, 0.3) is 0 Å². The van der Waals surface area contributed by atoms with Crippen LogP contribution in [0.5, 0.6) is 11.5 Å². The van der Waals surface area contributed by atoms with Crippen molar-refractivity contribution in [1.29, 1.82) is 0 Å². The normalized spacial score (nSPS) is 20.6. The van der Waals surface area contributed by atoms with Crippen molar-refractivity contribution in [2.45, 2.75) is 50.0 Å². The van der Waals surface area contributed by atoms with Crippen molar-refractivity contribution in [3.63, 3.8) is 0 Å². The van der Waals surface area contributed by atoms with Crippen LogP contribution in [0.1, 0.15) is 44.1 Å². The third kappa shape index (κ3) is 2.23. The molecule has 108 valence electrons. The van der Waals surface area contributed by atoms with E-state index in [1.165, 1.54) is 0 Å². The number of carbonyl (C=O) groups is 1. The standard InChI is InChI=1S/C16H20O4/c1-19-14-10-11(4-7-13(14)20-12-5-6-12)16(15(17)18)8-2-3-9-16/h4,7,10,12H,2-3,5-6,8-9H2,1H3,(H,17,18). The van der Waals surface area contributed by atoms with Gasteiger partial charge in [0.15, 0.2) is 11.5 Å². The van der Waals surface area contributed by atoms with Crippen LogP contribution in [0.15, 0.2) is 18.2 Å². The van der Waals surface area contributed by atoms with Gasteiger partial charge < -0.3 is 14.6 Å². The van der Waals surface area contributed by atoms with Crippen molar-refractivity contribution in [3.8, 4) is 11.5 Å². The lowest BCUT2D eigenvalue weighted by atomic mass is 9.79. The molecule has 3 rings (SSSR count).